The molecule has 1 aliphatic heterocycles. The quantitative estimate of drug-likeness (QED) is 0.778. The van der Waals surface area contributed by atoms with E-state index in [2.05, 4.69) is 10.4 Å². The van der Waals surface area contributed by atoms with Crippen molar-refractivity contribution in [3.05, 3.63) is 18.0 Å². The van der Waals surface area contributed by atoms with Crippen LogP contribution in [0.1, 0.15) is 38.4 Å². The Morgan fingerprint density at radius 1 is 1.50 bits per heavy atom. The van der Waals surface area contributed by atoms with Gasteiger partial charge in [0.2, 0.25) is 11.8 Å². The maximum Gasteiger partial charge on any atom is 0.231 e. The summed E-state index contributed by atoms with van der Waals surface area (Å²) in [6, 6.07) is 2.24. The van der Waals surface area contributed by atoms with Crippen LogP contribution in [-0.2, 0) is 16.0 Å². The van der Waals surface area contributed by atoms with E-state index in [9.17, 15) is 9.59 Å². The molecular weight excluding hydrogens is 282 g/mol. The smallest absolute Gasteiger partial charge is 0.231 e. The zero-order valence-corrected chi connectivity index (χ0v) is 13.3. The third-order valence-electron chi connectivity index (χ3n) is 3.78. The van der Waals surface area contributed by atoms with Gasteiger partial charge in [-0.25, -0.2) is 0 Å². The van der Waals surface area contributed by atoms with Crippen LogP contribution >= 0.6 is 0 Å². The van der Waals surface area contributed by atoms with E-state index in [1.807, 2.05) is 35.7 Å². The summed E-state index contributed by atoms with van der Waals surface area (Å²) < 4.78 is 1.85. The molecule has 0 radical (unpaired) electrons. The highest BCUT2D eigenvalue weighted by atomic mass is 16.2. The summed E-state index contributed by atoms with van der Waals surface area (Å²) in [5.74, 6) is -0.355. The average Bonchev–Trinajstić information content (AvgIpc) is 2.86. The van der Waals surface area contributed by atoms with Gasteiger partial charge in [-0.15, -0.1) is 0 Å². The first kappa shape index (κ1) is 16.5. The molecule has 0 spiro atoms. The topological polar surface area (TPSA) is 93.3 Å². The van der Waals surface area contributed by atoms with Crippen LogP contribution in [0.5, 0.6) is 0 Å². The highest BCUT2D eigenvalue weighted by Crippen LogP contribution is 2.10. The molecule has 1 aliphatic rings. The van der Waals surface area contributed by atoms with Gasteiger partial charge in [-0.3, -0.25) is 19.2 Å². The molecule has 2 amide bonds. The summed E-state index contributed by atoms with van der Waals surface area (Å²) in [5.41, 5.74) is 5.99. The molecule has 0 saturated carbocycles. The van der Waals surface area contributed by atoms with E-state index in [0.717, 1.165) is 25.1 Å². The largest absolute Gasteiger partial charge is 0.369 e. The Morgan fingerprint density at radius 2 is 2.27 bits per heavy atom. The predicted octanol–water partition coefficient (Wildman–Crippen LogP) is 0.0724. The number of hydrogen-bond donors (Lipinski definition) is 2. The van der Waals surface area contributed by atoms with Crippen LogP contribution < -0.4 is 11.1 Å². The molecule has 1 unspecified atom stereocenters. The molecular formula is C15H25N5O2. The van der Waals surface area contributed by atoms with Gasteiger partial charge in [0.15, 0.2) is 0 Å². The van der Waals surface area contributed by atoms with Gasteiger partial charge in [0.25, 0.3) is 0 Å². The minimum Gasteiger partial charge on any atom is -0.369 e. The molecule has 0 aliphatic carbocycles. The number of carbonyl (C=O) groups is 2. The summed E-state index contributed by atoms with van der Waals surface area (Å²) in [5, 5.41) is 7.41. The molecule has 122 valence electrons. The Kier molecular flexibility index (Phi) is 5.54. The van der Waals surface area contributed by atoms with Crippen LogP contribution in [0.2, 0.25) is 0 Å². The van der Waals surface area contributed by atoms with E-state index in [-0.39, 0.29) is 36.9 Å². The van der Waals surface area contributed by atoms with Gasteiger partial charge in [-0.2, -0.15) is 5.10 Å². The number of primary amides is 1. The number of carbonyl (C=O) groups excluding carboxylic acids is 2. The number of piperidine rings is 1. The highest BCUT2D eigenvalue weighted by molar-refractivity contribution is 5.78. The molecule has 1 saturated heterocycles. The minimum absolute atomic E-state index is 0.0278. The van der Waals surface area contributed by atoms with Gasteiger partial charge in [0, 0.05) is 24.8 Å². The molecule has 2 rings (SSSR count). The predicted molar refractivity (Wildman–Crippen MR) is 83.1 cm³/mol. The number of rotatable bonds is 6. The van der Waals surface area contributed by atoms with Crippen molar-refractivity contribution in [3.63, 3.8) is 0 Å². The Hall–Kier alpha value is -1.89. The lowest BCUT2D eigenvalue weighted by Crippen LogP contribution is -2.50. The standard InChI is InChI=1S/C15H25N5O2/c1-11(2)20-7-5-12(18-20)8-15(22)17-13-4-3-6-19(9-13)10-14(16)21/h5,7,11,13H,3-4,6,8-10H2,1-2H3,(H2,16,21)(H,17,22). The van der Waals surface area contributed by atoms with Crippen molar-refractivity contribution in [2.45, 2.75) is 45.2 Å². The first-order chi connectivity index (χ1) is 10.4. The zero-order valence-electron chi connectivity index (χ0n) is 13.3. The van der Waals surface area contributed by atoms with Gasteiger partial charge in [0.05, 0.1) is 18.7 Å². The van der Waals surface area contributed by atoms with Crippen LogP contribution in [0.3, 0.4) is 0 Å². The number of nitrogens with two attached hydrogens (primary N) is 1. The maximum absolute atomic E-state index is 12.1. The Labute approximate surface area is 130 Å². The van der Waals surface area contributed by atoms with Crippen molar-refractivity contribution < 1.29 is 9.59 Å². The monoisotopic (exact) mass is 307 g/mol. The second kappa shape index (κ2) is 7.40. The van der Waals surface area contributed by atoms with Gasteiger partial charge < -0.3 is 11.1 Å². The normalized spacial score (nSPS) is 19.3. The Morgan fingerprint density at radius 3 is 2.91 bits per heavy atom. The lowest BCUT2D eigenvalue weighted by atomic mass is 10.1. The van der Waals surface area contributed by atoms with E-state index in [1.54, 1.807) is 0 Å². The molecule has 1 atom stereocenters. The van der Waals surface area contributed by atoms with Crippen LogP contribution in [0.15, 0.2) is 12.3 Å². The average molecular weight is 307 g/mol. The molecule has 7 nitrogen and oxygen atoms in total. The molecule has 7 heteroatoms. The van der Waals surface area contributed by atoms with E-state index in [0.29, 0.717) is 6.54 Å². The van der Waals surface area contributed by atoms with Crippen LogP contribution in [0.4, 0.5) is 0 Å². The summed E-state index contributed by atoms with van der Waals surface area (Å²) in [4.78, 5) is 25.1. The number of amides is 2. The Balaban J connectivity index is 1.81. The summed E-state index contributed by atoms with van der Waals surface area (Å²) >= 11 is 0. The number of hydrogen-bond acceptors (Lipinski definition) is 4. The van der Waals surface area contributed by atoms with Crippen molar-refractivity contribution in [1.82, 2.24) is 20.0 Å². The Bertz CT molecular complexity index is 526. The summed E-state index contributed by atoms with van der Waals surface area (Å²) in [7, 11) is 0. The van der Waals surface area contributed by atoms with Crippen molar-refractivity contribution >= 4 is 11.8 Å². The molecule has 1 aromatic heterocycles. The lowest BCUT2D eigenvalue weighted by Gasteiger charge is -2.32. The number of nitrogens with zero attached hydrogens (tertiary/aromatic N) is 3. The highest BCUT2D eigenvalue weighted by Gasteiger charge is 2.22. The minimum atomic E-state index is -0.328. The number of aromatic nitrogens is 2. The van der Waals surface area contributed by atoms with E-state index in [4.69, 9.17) is 5.73 Å². The fraction of sp³-hybridized carbons (Fsp3) is 0.667. The second-order valence-electron chi connectivity index (χ2n) is 6.17. The second-order valence-corrected chi connectivity index (χ2v) is 6.17. The van der Waals surface area contributed by atoms with Crippen molar-refractivity contribution in [3.8, 4) is 0 Å². The number of likely N-dealkylation sites (tertiary alicyclic amines) is 1. The molecule has 1 fully saturated rings. The van der Waals surface area contributed by atoms with Gasteiger partial charge in [0.1, 0.15) is 0 Å². The SMILES string of the molecule is CC(C)n1ccc(CC(=O)NC2CCCN(CC(N)=O)C2)n1. The van der Waals surface area contributed by atoms with E-state index < -0.39 is 0 Å². The fourth-order valence-electron chi connectivity index (χ4n) is 2.74. The van der Waals surface area contributed by atoms with Crippen molar-refractivity contribution in [1.29, 1.82) is 0 Å². The third-order valence-corrected chi connectivity index (χ3v) is 3.78. The molecule has 2 heterocycles. The first-order valence-corrected chi connectivity index (χ1v) is 7.78. The van der Waals surface area contributed by atoms with Crippen LogP contribution in [0.25, 0.3) is 0 Å². The molecule has 1 aromatic rings. The zero-order chi connectivity index (χ0) is 16.1. The van der Waals surface area contributed by atoms with Gasteiger partial charge in [-0.05, 0) is 39.3 Å². The number of nitrogens with one attached hydrogen (secondary N) is 1. The molecule has 22 heavy (non-hydrogen) atoms. The van der Waals surface area contributed by atoms with Gasteiger partial charge in [-0.1, -0.05) is 0 Å². The first-order valence-electron chi connectivity index (χ1n) is 7.78. The van der Waals surface area contributed by atoms with E-state index >= 15 is 0 Å². The lowest BCUT2D eigenvalue weighted by molar-refractivity contribution is -0.121. The van der Waals surface area contributed by atoms with Crippen molar-refractivity contribution in [2.75, 3.05) is 19.6 Å². The summed E-state index contributed by atoms with van der Waals surface area (Å²) in [6.07, 6.45) is 4.07. The van der Waals surface area contributed by atoms with Crippen LogP contribution in [-0.4, -0.2) is 52.2 Å². The van der Waals surface area contributed by atoms with Gasteiger partial charge >= 0.3 is 0 Å². The third kappa shape index (κ3) is 4.84. The summed E-state index contributed by atoms with van der Waals surface area (Å²) in [6.45, 7) is 5.88. The van der Waals surface area contributed by atoms with E-state index in [1.165, 1.54) is 0 Å². The molecule has 0 aromatic carbocycles. The molecule has 0 bridgehead atoms. The maximum atomic E-state index is 12.1. The van der Waals surface area contributed by atoms with Crippen molar-refractivity contribution in [2.24, 2.45) is 5.73 Å². The van der Waals surface area contributed by atoms with Crippen LogP contribution in [0, 0.1) is 0 Å². The molecule has 3 N–H and O–H groups in total. The fourth-order valence-corrected chi connectivity index (χ4v) is 2.74.